The predicted octanol–water partition coefficient (Wildman–Crippen LogP) is 2.13. The van der Waals surface area contributed by atoms with Crippen LogP contribution in [0.1, 0.15) is 44.7 Å². The van der Waals surface area contributed by atoms with Crippen molar-refractivity contribution < 1.29 is 4.79 Å². The number of benzene rings is 1. The van der Waals surface area contributed by atoms with E-state index in [-0.39, 0.29) is 11.3 Å². The van der Waals surface area contributed by atoms with Crippen LogP contribution < -0.4 is 11.1 Å². The van der Waals surface area contributed by atoms with Crippen molar-refractivity contribution in [3.63, 3.8) is 0 Å². The predicted molar refractivity (Wildman–Crippen MR) is 78.0 cm³/mol. The number of nitrogens with one attached hydrogen (secondary N) is 1. The van der Waals surface area contributed by atoms with E-state index in [9.17, 15) is 4.79 Å². The molecule has 1 aliphatic carbocycles. The Morgan fingerprint density at radius 3 is 2.32 bits per heavy atom. The molecule has 0 atom stereocenters. The minimum absolute atomic E-state index is 0.00110. The molecule has 1 amide bonds. The second-order valence-corrected chi connectivity index (χ2v) is 6.61. The van der Waals surface area contributed by atoms with Crippen LogP contribution in [0.25, 0.3) is 0 Å². The first kappa shape index (κ1) is 14.1. The molecule has 3 heteroatoms. The number of hydrogen-bond acceptors (Lipinski definition) is 2. The molecular formula is C16H24N2O. The van der Waals surface area contributed by atoms with Gasteiger partial charge in [0.2, 0.25) is 5.91 Å². The molecule has 0 bridgehead atoms. The lowest BCUT2D eigenvalue weighted by molar-refractivity contribution is -0.123. The number of hydrogen-bond donors (Lipinski definition) is 2. The molecule has 0 spiro atoms. The Balaban J connectivity index is 1.82. The molecule has 104 valence electrons. The fraction of sp³-hybridized carbons (Fsp3) is 0.562. The summed E-state index contributed by atoms with van der Waals surface area (Å²) in [5.41, 5.74) is 8.03. The first-order chi connectivity index (χ1) is 8.81. The smallest absolute Gasteiger partial charge is 0.240 e. The van der Waals surface area contributed by atoms with Gasteiger partial charge in [-0.25, -0.2) is 0 Å². The lowest BCUT2D eigenvalue weighted by Gasteiger charge is -2.19. The summed E-state index contributed by atoms with van der Waals surface area (Å²) < 4.78 is 0. The van der Waals surface area contributed by atoms with Gasteiger partial charge >= 0.3 is 0 Å². The SMILES string of the molecule is CC(C)(C)c1ccc(CCNC(=O)C2(N)CC2)cc1. The first-order valence-corrected chi connectivity index (χ1v) is 6.98. The molecule has 0 heterocycles. The summed E-state index contributed by atoms with van der Waals surface area (Å²) in [7, 11) is 0. The third kappa shape index (κ3) is 3.57. The third-order valence-electron chi connectivity index (χ3n) is 3.76. The summed E-state index contributed by atoms with van der Waals surface area (Å²) in [6, 6.07) is 8.62. The van der Waals surface area contributed by atoms with E-state index < -0.39 is 5.54 Å². The van der Waals surface area contributed by atoms with Gasteiger partial charge in [0, 0.05) is 6.54 Å². The van der Waals surface area contributed by atoms with Crippen molar-refractivity contribution in [3.05, 3.63) is 35.4 Å². The van der Waals surface area contributed by atoms with Crippen LogP contribution in [-0.2, 0) is 16.6 Å². The van der Waals surface area contributed by atoms with E-state index in [1.165, 1.54) is 11.1 Å². The van der Waals surface area contributed by atoms with Gasteiger partial charge in [-0.1, -0.05) is 45.0 Å². The van der Waals surface area contributed by atoms with Gasteiger partial charge < -0.3 is 11.1 Å². The zero-order valence-corrected chi connectivity index (χ0v) is 12.1. The molecular weight excluding hydrogens is 236 g/mol. The lowest BCUT2D eigenvalue weighted by Crippen LogP contribution is -2.43. The monoisotopic (exact) mass is 260 g/mol. The van der Waals surface area contributed by atoms with Gasteiger partial charge in [-0.05, 0) is 35.8 Å². The Hall–Kier alpha value is -1.35. The molecule has 1 aliphatic rings. The van der Waals surface area contributed by atoms with Gasteiger partial charge in [-0.2, -0.15) is 0 Å². The van der Waals surface area contributed by atoms with Crippen LogP contribution >= 0.6 is 0 Å². The van der Waals surface area contributed by atoms with Crippen molar-refractivity contribution >= 4 is 5.91 Å². The maximum absolute atomic E-state index is 11.7. The van der Waals surface area contributed by atoms with E-state index in [2.05, 4.69) is 50.4 Å². The Kier molecular flexibility index (Phi) is 3.68. The van der Waals surface area contributed by atoms with E-state index in [0.29, 0.717) is 6.54 Å². The van der Waals surface area contributed by atoms with Crippen LogP contribution in [0, 0.1) is 0 Å². The van der Waals surface area contributed by atoms with Crippen molar-refractivity contribution in [2.24, 2.45) is 5.73 Å². The molecule has 3 nitrogen and oxygen atoms in total. The number of nitrogens with two attached hydrogens (primary N) is 1. The average Bonchev–Trinajstić information content (AvgIpc) is 3.08. The minimum Gasteiger partial charge on any atom is -0.354 e. The summed E-state index contributed by atoms with van der Waals surface area (Å²) in [5, 5.41) is 2.91. The molecule has 0 radical (unpaired) electrons. The van der Waals surface area contributed by atoms with E-state index in [1.807, 2.05) is 0 Å². The quantitative estimate of drug-likeness (QED) is 0.871. The Bertz CT molecular complexity index is 453. The van der Waals surface area contributed by atoms with Crippen LogP contribution in [0.5, 0.6) is 0 Å². The van der Waals surface area contributed by atoms with Gasteiger partial charge in [0.1, 0.15) is 0 Å². The van der Waals surface area contributed by atoms with Crippen molar-refractivity contribution in [2.45, 2.75) is 51.0 Å². The molecule has 3 N–H and O–H groups in total. The van der Waals surface area contributed by atoms with Crippen LogP contribution in [0.3, 0.4) is 0 Å². The molecule has 2 rings (SSSR count). The second-order valence-electron chi connectivity index (χ2n) is 6.61. The Morgan fingerprint density at radius 2 is 1.84 bits per heavy atom. The summed E-state index contributed by atoms with van der Waals surface area (Å²) >= 11 is 0. The molecule has 1 aromatic carbocycles. The van der Waals surface area contributed by atoms with E-state index in [0.717, 1.165) is 19.3 Å². The lowest BCUT2D eigenvalue weighted by atomic mass is 9.86. The third-order valence-corrected chi connectivity index (χ3v) is 3.76. The number of rotatable bonds is 4. The van der Waals surface area contributed by atoms with E-state index in [1.54, 1.807) is 0 Å². The number of carbonyl (C=O) groups is 1. The van der Waals surface area contributed by atoms with Gasteiger partial charge in [-0.3, -0.25) is 4.79 Å². The molecule has 19 heavy (non-hydrogen) atoms. The highest BCUT2D eigenvalue weighted by Gasteiger charge is 2.45. The standard InChI is InChI=1S/C16H24N2O/c1-15(2,3)13-6-4-12(5-7-13)8-11-18-14(19)16(17)9-10-16/h4-7H,8-11,17H2,1-3H3,(H,18,19). The highest BCUT2D eigenvalue weighted by atomic mass is 16.2. The van der Waals surface area contributed by atoms with E-state index in [4.69, 9.17) is 5.73 Å². The van der Waals surface area contributed by atoms with Gasteiger partial charge in [-0.15, -0.1) is 0 Å². The van der Waals surface area contributed by atoms with Crippen LogP contribution in [-0.4, -0.2) is 18.0 Å². The maximum Gasteiger partial charge on any atom is 0.240 e. The molecule has 1 saturated carbocycles. The van der Waals surface area contributed by atoms with Gasteiger partial charge in [0.15, 0.2) is 0 Å². The summed E-state index contributed by atoms with van der Waals surface area (Å²) in [6.45, 7) is 7.28. The molecule has 0 saturated heterocycles. The van der Waals surface area contributed by atoms with Crippen molar-refractivity contribution in [1.29, 1.82) is 0 Å². The first-order valence-electron chi connectivity index (χ1n) is 6.98. The van der Waals surface area contributed by atoms with Crippen LogP contribution in [0.4, 0.5) is 0 Å². The normalized spacial score (nSPS) is 17.1. The van der Waals surface area contributed by atoms with Crippen LogP contribution in [0.2, 0.25) is 0 Å². The summed E-state index contributed by atoms with van der Waals surface area (Å²) in [4.78, 5) is 11.7. The molecule has 0 aliphatic heterocycles. The maximum atomic E-state index is 11.7. The number of carbonyl (C=O) groups excluding carboxylic acids is 1. The number of amides is 1. The van der Waals surface area contributed by atoms with Gasteiger partial charge in [0.25, 0.3) is 0 Å². The van der Waals surface area contributed by atoms with E-state index >= 15 is 0 Å². The Morgan fingerprint density at radius 1 is 1.26 bits per heavy atom. The molecule has 0 aromatic heterocycles. The van der Waals surface area contributed by atoms with Gasteiger partial charge in [0.05, 0.1) is 5.54 Å². The van der Waals surface area contributed by atoms with Crippen molar-refractivity contribution in [3.8, 4) is 0 Å². The fourth-order valence-electron chi connectivity index (χ4n) is 2.03. The topological polar surface area (TPSA) is 55.1 Å². The van der Waals surface area contributed by atoms with Crippen LogP contribution in [0.15, 0.2) is 24.3 Å². The zero-order chi connectivity index (χ0) is 14.1. The highest BCUT2D eigenvalue weighted by molar-refractivity contribution is 5.88. The molecule has 1 aromatic rings. The second kappa shape index (κ2) is 4.97. The fourth-order valence-corrected chi connectivity index (χ4v) is 2.03. The average molecular weight is 260 g/mol. The zero-order valence-electron chi connectivity index (χ0n) is 12.1. The summed E-state index contributed by atoms with van der Waals surface area (Å²) in [5.74, 6) is -0.00110. The largest absolute Gasteiger partial charge is 0.354 e. The Labute approximate surface area is 115 Å². The highest BCUT2D eigenvalue weighted by Crippen LogP contribution is 2.32. The molecule has 0 unspecified atom stereocenters. The minimum atomic E-state index is -0.559. The molecule has 1 fully saturated rings. The summed E-state index contributed by atoms with van der Waals surface area (Å²) in [6.07, 6.45) is 2.49. The van der Waals surface area contributed by atoms with Crippen molar-refractivity contribution in [2.75, 3.05) is 6.54 Å². The van der Waals surface area contributed by atoms with Crippen molar-refractivity contribution in [1.82, 2.24) is 5.32 Å².